The highest BCUT2D eigenvalue weighted by atomic mass is 16.1. The summed E-state index contributed by atoms with van der Waals surface area (Å²) in [4.78, 5) is 12.7. The Bertz CT molecular complexity index is 210. The van der Waals surface area contributed by atoms with Gasteiger partial charge < -0.3 is 5.73 Å². The van der Waals surface area contributed by atoms with Crippen LogP contribution in [0.5, 0.6) is 0 Å². The topological polar surface area (TPSA) is 70.1 Å². The number of carbonyl (C=O) groups is 1. The van der Waals surface area contributed by atoms with Crippen molar-refractivity contribution in [3.8, 4) is 6.07 Å². The lowest BCUT2D eigenvalue weighted by molar-refractivity contribution is -0.119. The number of hydrogen-bond donors (Lipinski definition) is 1. The van der Waals surface area contributed by atoms with E-state index in [1.54, 1.807) is 0 Å². The zero-order chi connectivity index (χ0) is 11.0. The van der Waals surface area contributed by atoms with Gasteiger partial charge in [0.2, 0.25) is 5.91 Å². The summed E-state index contributed by atoms with van der Waals surface area (Å²) in [6.45, 7) is 5.13. The summed E-state index contributed by atoms with van der Waals surface area (Å²) in [6.07, 6.45) is 2.55. The molecule has 0 spiro atoms. The van der Waals surface area contributed by atoms with E-state index in [0.29, 0.717) is 6.42 Å². The highest BCUT2D eigenvalue weighted by Gasteiger charge is 2.14. The zero-order valence-corrected chi connectivity index (χ0v) is 8.99. The summed E-state index contributed by atoms with van der Waals surface area (Å²) in [6, 6.07) is 2.21. The highest BCUT2D eigenvalue weighted by Crippen LogP contribution is 2.04. The summed E-state index contributed by atoms with van der Waals surface area (Å²) in [5.74, 6) is -0.328. The van der Waals surface area contributed by atoms with Crippen LogP contribution in [0, 0.1) is 11.3 Å². The SMILES string of the molecule is CCCCN(CC(N)=O)C(C)CC#N. The summed E-state index contributed by atoms with van der Waals surface area (Å²) < 4.78 is 0. The van der Waals surface area contributed by atoms with E-state index < -0.39 is 0 Å². The molecule has 0 heterocycles. The summed E-state index contributed by atoms with van der Waals surface area (Å²) in [5.41, 5.74) is 5.14. The summed E-state index contributed by atoms with van der Waals surface area (Å²) in [5, 5.41) is 8.55. The van der Waals surface area contributed by atoms with Gasteiger partial charge in [-0.05, 0) is 19.9 Å². The molecule has 0 aromatic heterocycles. The lowest BCUT2D eigenvalue weighted by atomic mass is 10.2. The van der Waals surface area contributed by atoms with Gasteiger partial charge in [-0.25, -0.2) is 0 Å². The van der Waals surface area contributed by atoms with Crippen molar-refractivity contribution >= 4 is 5.91 Å². The highest BCUT2D eigenvalue weighted by molar-refractivity contribution is 5.75. The Kier molecular flexibility index (Phi) is 6.77. The van der Waals surface area contributed by atoms with E-state index in [1.165, 1.54) is 0 Å². The molecule has 0 saturated heterocycles. The molecule has 0 rings (SSSR count). The fourth-order valence-corrected chi connectivity index (χ4v) is 1.28. The van der Waals surface area contributed by atoms with Gasteiger partial charge in [0.15, 0.2) is 0 Å². The molecule has 0 aromatic carbocycles. The van der Waals surface area contributed by atoms with E-state index in [0.717, 1.165) is 19.4 Å². The van der Waals surface area contributed by atoms with Crippen molar-refractivity contribution in [2.75, 3.05) is 13.1 Å². The van der Waals surface area contributed by atoms with E-state index >= 15 is 0 Å². The monoisotopic (exact) mass is 197 g/mol. The predicted octanol–water partition coefficient (Wildman–Crippen LogP) is 0.876. The number of carbonyl (C=O) groups excluding carboxylic acids is 1. The van der Waals surface area contributed by atoms with E-state index in [2.05, 4.69) is 13.0 Å². The Labute approximate surface area is 85.7 Å². The molecule has 1 amide bonds. The van der Waals surface area contributed by atoms with Gasteiger partial charge in [-0.1, -0.05) is 13.3 Å². The third-order valence-electron chi connectivity index (χ3n) is 2.17. The van der Waals surface area contributed by atoms with Gasteiger partial charge in [0.25, 0.3) is 0 Å². The molecule has 0 aromatic rings. The van der Waals surface area contributed by atoms with Gasteiger partial charge in [-0.3, -0.25) is 9.69 Å². The van der Waals surface area contributed by atoms with E-state index in [-0.39, 0.29) is 18.5 Å². The number of nitrogens with two attached hydrogens (primary N) is 1. The molecule has 80 valence electrons. The van der Waals surface area contributed by atoms with Crippen LogP contribution in [0.1, 0.15) is 33.1 Å². The Morgan fingerprint density at radius 1 is 1.64 bits per heavy atom. The second-order valence-corrected chi connectivity index (χ2v) is 3.50. The Balaban J connectivity index is 4.08. The van der Waals surface area contributed by atoms with Crippen LogP contribution >= 0.6 is 0 Å². The van der Waals surface area contributed by atoms with E-state index in [1.807, 2.05) is 11.8 Å². The maximum atomic E-state index is 10.8. The second kappa shape index (κ2) is 7.34. The van der Waals surface area contributed by atoms with Crippen molar-refractivity contribution in [1.82, 2.24) is 4.90 Å². The third kappa shape index (κ3) is 5.55. The minimum absolute atomic E-state index is 0.110. The number of primary amides is 1. The van der Waals surface area contributed by atoms with Crippen molar-refractivity contribution in [2.24, 2.45) is 5.73 Å². The molecule has 0 aliphatic heterocycles. The molecule has 1 atom stereocenters. The average molecular weight is 197 g/mol. The standard InChI is InChI=1S/C10H19N3O/c1-3-4-7-13(8-10(12)14)9(2)5-6-11/h9H,3-5,7-8H2,1-2H3,(H2,12,14). The number of rotatable bonds is 7. The fourth-order valence-electron chi connectivity index (χ4n) is 1.28. The van der Waals surface area contributed by atoms with Gasteiger partial charge >= 0.3 is 0 Å². The van der Waals surface area contributed by atoms with Crippen LogP contribution in [0.25, 0.3) is 0 Å². The molecule has 2 N–H and O–H groups in total. The molecule has 0 aliphatic rings. The minimum Gasteiger partial charge on any atom is -0.369 e. The van der Waals surface area contributed by atoms with Crippen LogP contribution in [-0.2, 0) is 4.79 Å². The molecule has 4 heteroatoms. The van der Waals surface area contributed by atoms with Gasteiger partial charge in [0.05, 0.1) is 19.0 Å². The first-order valence-electron chi connectivity index (χ1n) is 5.01. The lowest BCUT2D eigenvalue weighted by Gasteiger charge is -2.25. The predicted molar refractivity (Wildman–Crippen MR) is 55.4 cm³/mol. The third-order valence-corrected chi connectivity index (χ3v) is 2.17. The Morgan fingerprint density at radius 3 is 2.71 bits per heavy atom. The van der Waals surface area contributed by atoms with Crippen LogP contribution < -0.4 is 5.73 Å². The number of amides is 1. The molecule has 0 radical (unpaired) electrons. The molecule has 0 saturated carbocycles. The number of unbranched alkanes of at least 4 members (excludes halogenated alkanes) is 1. The number of nitrogens with zero attached hydrogens (tertiary/aromatic N) is 2. The first kappa shape index (κ1) is 12.9. The first-order valence-corrected chi connectivity index (χ1v) is 5.01. The van der Waals surface area contributed by atoms with Crippen molar-refractivity contribution in [3.05, 3.63) is 0 Å². The normalized spacial score (nSPS) is 12.4. The lowest BCUT2D eigenvalue weighted by Crippen LogP contribution is -2.40. The molecule has 1 unspecified atom stereocenters. The quantitative estimate of drug-likeness (QED) is 0.658. The van der Waals surface area contributed by atoms with Crippen LogP contribution in [0.3, 0.4) is 0 Å². The minimum atomic E-state index is -0.328. The Morgan fingerprint density at radius 2 is 2.29 bits per heavy atom. The largest absolute Gasteiger partial charge is 0.369 e. The maximum absolute atomic E-state index is 10.8. The molecule has 14 heavy (non-hydrogen) atoms. The second-order valence-electron chi connectivity index (χ2n) is 3.50. The van der Waals surface area contributed by atoms with Crippen molar-refractivity contribution in [3.63, 3.8) is 0 Å². The van der Waals surface area contributed by atoms with Crippen LogP contribution in [-0.4, -0.2) is 29.9 Å². The number of nitriles is 1. The summed E-state index contributed by atoms with van der Waals surface area (Å²) >= 11 is 0. The first-order chi connectivity index (χ1) is 6.61. The maximum Gasteiger partial charge on any atom is 0.231 e. The molecular weight excluding hydrogens is 178 g/mol. The average Bonchev–Trinajstić information content (AvgIpc) is 2.12. The van der Waals surface area contributed by atoms with Gasteiger partial charge in [-0.15, -0.1) is 0 Å². The molecular formula is C10H19N3O. The zero-order valence-electron chi connectivity index (χ0n) is 8.99. The van der Waals surface area contributed by atoms with Crippen LogP contribution in [0.15, 0.2) is 0 Å². The molecule has 4 nitrogen and oxygen atoms in total. The molecule has 0 fully saturated rings. The van der Waals surface area contributed by atoms with Crippen molar-refractivity contribution < 1.29 is 4.79 Å². The van der Waals surface area contributed by atoms with Crippen LogP contribution in [0.2, 0.25) is 0 Å². The van der Waals surface area contributed by atoms with Crippen molar-refractivity contribution in [1.29, 1.82) is 5.26 Å². The fraction of sp³-hybridized carbons (Fsp3) is 0.800. The van der Waals surface area contributed by atoms with Gasteiger partial charge in [-0.2, -0.15) is 5.26 Å². The van der Waals surface area contributed by atoms with Crippen LogP contribution in [0.4, 0.5) is 0 Å². The van der Waals surface area contributed by atoms with E-state index in [9.17, 15) is 4.79 Å². The molecule has 0 bridgehead atoms. The van der Waals surface area contributed by atoms with E-state index in [4.69, 9.17) is 11.0 Å². The Hall–Kier alpha value is -1.08. The smallest absolute Gasteiger partial charge is 0.231 e. The number of hydrogen-bond acceptors (Lipinski definition) is 3. The molecule has 0 aliphatic carbocycles. The van der Waals surface area contributed by atoms with Crippen molar-refractivity contribution in [2.45, 2.75) is 39.2 Å². The van der Waals surface area contributed by atoms with Gasteiger partial charge in [0.1, 0.15) is 0 Å². The summed E-state index contributed by atoms with van der Waals surface area (Å²) in [7, 11) is 0. The van der Waals surface area contributed by atoms with Gasteiger partial charge in [0, 0.05) is 6.04 Å².